The highest BCUT2D eigenvalue weighted by Gasteiger charge is 2.22. The van der Waals surface area contributed by atoms with Crippen molar-refractivity contribution < 1.29 is 4.84 Å². The van der Waals surface area contributed by atoms with Gasteiger partial charge in [-0.25, -0.2) is 0 Å². The van der Waals surface area contributed by atoms with Gasteiger partial charge in [-0.2, -0.15) is 5.48 Å². The van der Waals surface area contributed by atoms with E-state index in [1.807, 2.05) is 0 Å². The van der Waals surface area contributed by atoms with E-state index in [2.05, 4.69) is 12.4 Å². The summed E-state index contributed by atoms with van der Waals surface area (Å²) in [7, 11) is 0. The fourth-order valence-corrected chi connectivity index (χ4v) is 2.78. The van der Waals surface area contributed by atoms with E-state index < -0.39 is 0 Å². The molecule has 2 rings (SSSR count). The third-order valence-corrected chi connectivity index (χ3v) is 4.14. The lowest BCUT2D eigenvalue weighted by molar-refractivity contribution is -0.0671. The molecule has 0 aromatic rings. The van der Waals surface area contributed by atoms with Crippen molar-refractivity contribution in [2.45, 2.75) is 76.5 Å². The third kappa shape index (κ3) is 3.72. The fraction of sp³-hybridized carbons (Fsp3) is 1.00. The smallest absolute Gasteiger partial charge is 0.0791 e. The average molecular weight is 226 g/mol. The molecule has 3 heteroatoms. The molecule has 0 unspecified atom stereocenters. The molecule has 0 heterocycles. The zero-order valence-electron chi connectivity index (χ0n) is 10.5. The summed E-state index contributed by atoms with van der Waals surface area (Å²) in [5.74, 6) is 0.908. The van der Waals surface area contributed by atoms with Crippen LogP contribution in [0.25, 0.3) is 0 Å². The number of hydroxylamine groups is 1. The van der Waals surface area contributed by atoms with Crippen LogP contribution in [-0.2, 0) is 4.84 Å². The summed E-state index contributed by atoms with van der Waals surface area (Å²) in [4.78, 5) is 5.80. The molecule has 2 aliphatic rings. The van der Waals surface area contributed by atoms with E-state index in [9.17, 15) is 0 Å². The van der Waals surface area contributed by atoms with Crippen molar-refractivity contribution in [1.29, 1.82) is 0 Å². The number of rotatable bonds is 3. The second kappa shape index (κ2) is 5.99. The van der Waals surface area contributed by atoms with Crippen LogP contribution in [0, 0.1) is 5.92 Å². The molecule has 0 aromatic heterocycles. The highest BCUT2D eigenvalue weighted by Crippen LogP contribution is 2.24. The quantitative estimate of drug-likeness (QED) is 0.726. The Balaban J connectivity index is 1.60. The number of nitrogens with two attached hydrogens (primary N) is 1. The monoisotopic (exact) mass is 226 g/mol. The predicted octanol–water partition coefficient (Wildman–Crippen LogP) is 2.36. The molecular formula is C13H26N2O. The van der Waals surface area contributed by atoms with Gasteiger partial charge in [-0.15, -0.1) is 0 Å². The predicted molar refractivity (Wildman–Crippen MR) is 65.9 cm³/mol. The topological polar surface area (TPSA) is 47.3 Å². The van der Waals surface area contributed by atoms with Crippen molar-refractivity contribution in [1.82, 2.24) is 5.48 Å². The van der Waals surface area contributed by atoms with Crippen molar-refractivity contribution >= 4 is 0 Å². The minimum atomic E-state index is 0.402. The van der Waals surface area contributed by atoms with Gasteiger partial charge in [0.2, 0.25) is 0 Å². The zero-order valence-corrected chi connectivity index (χ0v) is 10.5. The van der Waals surface area contributed by atoms with E-state index in [4.69, 9.17) is 10.6 Å². The summed E-state index contributed by atoms with van der Waals surface area (Å²) in [6.07, 6.45) is 10.1. The average Bonchev–Trinajstić information content (AvgIpc) is 2.30. The molecule has 0 aromatic carbocycles. The summed E-state index contributed by atoms with van der Waals surface area (Å²) in [5, 5.41) is 0. The van der Waals surface area contributed by atoms with Crippen molar-refractivity contribution in [3.8, 4) is 0 Å². The molecule has 2 fully saturated rings. The van der Waals surface area contributed by atoms with E-state index in [0.29, 0.717) is 18.2 Å². The van der Waals surface area contributed by atoms with Gasteiger partial charge in [-0.1, -0.05) is 6.92 Å². The molecule has 3 N–H and O–H groups in total. The highest BCUT2D eigenvalue weighted by molar-refractivity contribution is 4.76. The Hall–Kier alpha value is -0.120. The Morgan fingerprint density at radius 2 is 1.56 bits per heavy atom. The molecule has 3 nitrogen and oxygen atoms in total. The second-order valence-corrected chi connectivity index (χ2v) is 5.73. The molecule has 0 aliphatic heterocycles. The first-order valence-electron chi connectivity index (χ1n) is 6.91. The van der Waals surface area contributed by atoms with Gasteiger partial charge in [0.15, 0.2) is 0 Å². The molecule has 0 bridgehead atoms. The maximum Gasteiger partial charge on any atom is 0.0791 e. The maximum absolute atomic E-state index is 5.88. The standard InChI is InChI=1S/C13H26N2O/c1-10-2-6-12(7-3-10)15-16-13-8-4-11(14)5-9-13/h10-13,15H,2-9,14H2,1H3. The molecule has 0 spiro atoms. The minimum absolute atomic E-state index is 0.402. The first-order valence-corrected chi connectivity index (χ1v) is 6.91. The van der Waals surface area contributed by atoms with Gasteiger partial charge in [-0.3, -0.25) is 4.84 Å². The lowest BCUT2D eigenvalue weighted by Gasteiger charge is -2.30. The van der Waals surface area contributed by atoms with Gasteiger partial charge in [0.25, 0.3) is 0 Å². The first kappa shape index (κ1) is 12.3. The van der Waals surface area contributed by atoms with E-state index in [1.54, 1.807) is 0 Å². The van der Waals surface area contributed by atoms with Crippen LogP contribution in [0.4, 0.5) is 0 Å². The van der Waals surface area contributed by atoms with Crippen LogP contribution in [0.2, 0.25) is 0 Å². The van der Waals surface area contributed by atoms with Crippen molar-refractivity contribution in [2.24, 2.45) is 11.7 Å². The van der Waals surface area contributed by atoms with E-state index >= 15 is 0 Å². The molecule has 0 saturated heterocycles. The summed E-state index contributed by atoms with van der Waals surface area (Å²) >= 11 is 0. The summed E-state index contributed by atoms with van der Waals surface area (Å²) in [5.41, 5.74) is 9.16. The van der Waals surface area contributed by atoms with Gasteiger partial charge in [-0.05, 0) is 57.3 Å². The fourth-order valence-electron chi connectivity index (χ4n) is 2.78. The van der Waals surface area contributed by atoms with Crippen LogP contribution >= 0.6 is 0 Å². The molecular weight excluding hydrogens is 200 g/mol. The Morgan fingerprint density at radius 1 is 0.938 bits per heavy atom. The normalized spacial score (nSPS) is 40.9. The molecule has 2 saturated carbocycles. The lowest BCUT2D eigenvalue weighted by atomic mass is 9.88. The Morgan fingerprint density at radius 3 is 2.19 bits per heavy atom. The summed E-state index contributed by atoms with van der Waals surface area (Å²) in [6.45, 7) is 2.35. The molecule has 0 radical (unpaired) electrons. The van der Waals surface area contributed by atoms with Crippen molar-refractivity contribution in [2.75, 3.05) is 0 Å². The van der Waals surface area contributed by atoms with Gasteiger partial charge in [0, 0.05) is 12.1 Å². The van der Waals surface area contributed by atoms with Crippen molar-refractivity contribution in [3.63, 3.8) is 0 Å². The van der Waals surface area contributed by atoms with E-state index in [1.165, 1.54) is 25.7 Å². The van der Waals surface area contributed by atoms with Crippen LogP contribution in [0.1, 0.15) is 58.3 Å². The van der Waals surface area contributed by atoms with Gasteiger partial charge in [0.1, 0.15) is 0 Å². The van der Waals surface area contributed by atoms with Crippen LogP contribution < -0.4 is 11.2 Å². The molecule has 0 amide bonds. The molecule has 0 atom stereocenters. The Kier molecular flexibility index (Phi) is 4.62. The number of nitrogens with one attached hydrogen (secondary N) is 1. The van der Waals surface area contributed by atoms with Crippen LogP contribution in [0.5, 0.6) is 0 Å². The van der Waals surface area contributed by atoms with Crippen molar-refractivity contribution in [3.05, 3.63) is 0 Å². The van der Waals surface area contributed by atoms with Crippen LogP contribution in [0.3, 0.4) is 0 Å². The molecule has 94 valence electrons. The van der Waals surface area contributed by atoms with Gasteiger partial charge in [0.05, 0.1) is 6.10 Å². The molecule has 16 heavy (non-hydrogen) atoms. The summed E-state index contributed by atoms with van der Waals surface area (Å²) < 4.78 is 0. The van der Waals surface area contributed by atoms with E-state index in [0.717, 1.165) is 31.6 Å². The second-order valence-electron chi connectivity index (χ2n) is 5.73. The van der Waals surface area contributed by atoms with Gasteiger partial charge >= 0.3 is 0 Å². The summed E-state index contributed by atoms with van der Waals surface area (Å²) in [6, 6.07) is 1.00. The SMILES string of the molecule is CC1CCC(NOC2CCC(N)CC2)CC1. The van der Waals surface area contributed by atoms with Crippen LogP contribution in [0.15, 0.2) is 0 Å². The number of hydrogen-bond acceptors (Lipinski definition) is 3. The Bertz CT molecular complexity index is 172. The Labute approximate surface area is 99.1 Å². The maximum atomic E-state index is 5.88. The zero-order chi connectivity index (χ0) is 11.4. The van der Waals surface area contributed by atoms with Crippen LogP contribution in [-0.4, -0.2) is 18.2 Å². The van der Waals surface area contributed by atoms with Gasteiger partial charge < -0.3 is 5.73 Å². The lowest BCUT2D eigenvalue weighted by Crippen LogP contribution is -2.38. The number of hydrogen-bond donors (Lipinski definition) is 2. The largest absolute Gasteiger partial charge is 0.328 e. The molecule has 2 aliphatic carbocycles. The first-order chi connectivity index (χ1) is 7.74. The third-order valence-electron chi connectivity index (χ3n) is 4.14. The minimum Gasteiger partial charge on any atom is -0.328 e. The highest BCUT2D eigenvalue weighted by atomic mass is 16.7. The van der Waals surface area contributed by atoms with E-state index in [-0.39, 0.29) is 0 Å².